The maximum absolute atomic E-state index is 13.1. The molecule has 36 heavy (non-hydrogen) atoms. The van der Waals surface area contributed by atoms with Crippen molar-refractivity contribution in [3.8, 4) is 0 Å². The van der Waals surface area contributed by atoms with Crippen molar-refractivity contribution in [1.29, 1.82) is 0 Å². The minimum Gasteiger partial charge on any atom is -0.467 e. The van der Waals surface area contributed by atoms with Crippen LogP contribution in [0.25, 0.3) is 10.9 Å². The van der Waals surface area contributed by atoms with Crippen LogP contribution in [0.3, 0.4) is 0 Å². The predicted octanol–water partition coefficient (Wildman–Crippen LogP) is 5.01. The van der Waals surface area contributed by atoms with Crippen LogP contribution in [-0.2, 0) is 19.6 Å². The maximum atomic E-state index is 13.1. The van der Waals surface area contributed by atoms with Gasteiger partial charge in [0.15, 0.2) is 5.82 Å². The Kier molecular flexibility index (Phi) is 7.04. The van der Waals surface area contributed by atoms with Crippen molar-refractivity contribution >= 4 is 10.9 Å². The van der Waals surface area contributed by atoms with E-state index in [9.17, 15) is 4.79 Å². The quantitative estimate of drug-likeness (QED) is 0.301. The lowest BCUT2D eigenvalue weighted by molar-refractivity contribution is 0.155. The Balaban J connectivity index is 1.54. The van der Waals surface area contributed by atoms with Crippen LogP contribution in [0.1, 0.15) is 54.1 Å². The monoisotopic (exact) mass is 482 g/mol. The van der Waals surface area contributed by atoms with E-state index < -0.39 is 0 Å². The highest BCUT2D eigenvalue weighted by Gasteiger charge is 2.27. The first-order valence-electron chi connectivity index (χ1n) is 12.3. The second-order valence-electron chi connectivity index (χ2n) is 9.18. The Morgan fingerprint density at radius 2 is 1.92 bits per heavy atom. The Morgan fingerprint density at radius 3 is 2.69 bits per heavy atom. The van der Waals surface area contributed by atoms with E-state index in [1.807, 2.05) is 48.5 Å². The molecule has 0 unspecified atom stereocenters. The van der Waals surface area contributed by atoms with E-state index in [-0.39, 0.29) is 11.6 Å². The number of hydrogen-bond donors (Lipinski definition) is 1. The van der Waals surface area contributed by atoms with Crippen molar-refractivity contribution in [2.75, 3.05) is 0 Å². The van der Waals surface area contributed by atoms with Gasteiger partial charge < -0.3 is 9.40 Å². The summed E-state index contributed by atoms with van der Waals surface area (Å²) in [6.07, 6.45) is 3.44. The number of fused-ring (bicyclic) bond motifs is 1. The van der Waals surface area contributed by atoms with Crippen molar-refractivity contribution in [2.24, 2.45) is 0 Å². The van der Waals surface area contributed by atoms with E-state index in [1.165, 1.54) is 0 Å². The van der Waals surface area contributed by atoms with Crippen molar-refractivity contribution < 1.29 is 4.42 Å². The predicted molar refractivity (Wildman–Crippen MR) is 138 cm³/mol. The number of aromatic amines is 1. The zero-order valence-electron chi connectivity index (χ0n) is 20.6. The van der Waals surface area contributed by atoms with E-state index in [1.54, 1.807) is 10.9 Å². The summed E-state index contributed by atoms with van der Waals surface area (Å²) in [5.74, 6) is 1.55. The number of nitrogens with one attached hydrogen (secondary N) is 1. The molecule has 5 rings (SSSR count). The molecule has 8 nitrogen and oxygen atoms in total. The van der Waals surface area contributed by atoms with Crippen molar-refractivity contribution in [3.63, 3.8) is 0 Å². The molecule has 8 heteroatoms. The van der Waals surface area contributed by atoms with Gasteiger partial charge in [0.2, 0.25) is 0 Å². The van der Waals surface area contributed by atoms with Gasteiger partial charge in [-0.05, 0) is 65.1 Å². The summed E-state index contributed by atoms with van der Waals surface area (Å²) in [5, 5.41) is 13.7. The summed E-state index contributed by atoms with van der Waals surface area (Å²) in [7, 11) is 0. The van der Waals surface area contributed by atoms with Gasteiger partial charge in [-0.3, -0.25) is 9.69 Å². The van der Waals surface area contributed by atoms with Crippen LogP contribution in [0.15, 0.2) is 82.2 Å². The van der Waals surface area contributed by atoms with Crippen LogP contribution in [0.2, 0.25) is 0 Å². The molecule has 0 saturated carbocycles. The standard InChI is InChI=1S/C28H30N6O2/c1-3-8-26(27-30-31-32-34(27)19-24-11-7-14-36-24)33(17-21-9-5-4-6-10-21)18-23-16-22-15-20(2)12-13-25(22)29-28(23)35/h4-7,9-16,26H,3,8,17-19H2,1-2H3,(H,29,35)/t26-/m1/s1. The van der Waals surface area contributed by atoms with E-state index in [0.29, 0.717) is 19.6 Å². The third-order valence-electron chi connectivity index (χ3n) is 6.42. The molecule has 5 aromatic rings. The summed E-state index contributed by atoms with van der Waals surface area (Å²) in [6, 6.07) is 22.1. The number of pyridine rings is 1. The lowest BCUT2D eigenvalue weighted by atomic mass is 10.0. The Labute approximate surface area is 209 Å². The summed E-state index contributed by atoms with van der Waals surface area (Å²) in [6.45, 7) is 5.78. The fourth-order valence-electron chi connectivity index (χ4n) is 4.66. The number of furan rings is 1. The smallest absolute Gasteiger partial charge is 0.252 e. The second-order valence-corrected chi connectivity index (χ2v) is 9.18. The van der Waals surface area contributed by atoms with Crippen LogP contribution in [0.5, 0.6) is 0 Å². The molecule has 0 radical (unpaired) electrons. The van der Waals surface area contributed by atoms with Gasteiger partial charge in [-0.25, -0.2) is 4.68 Å². The molecule has 0 aliphatic heterocycles. The molecule has 2 aromatic carbocycles. The average Bonchev–Trinajstić information content (AvgIpc) is 3.56. The Bertz CT molecular complexity index is 1470. The van der Waals surface area contributed by atoms with Gasteiger partial charge in [-0.15, -0.1) is 5.10 Å². The molecule has 1 atom stereocenters. The van der Waals surface area contributed by atoms with Crippen LogP contribution in [0, 0.1) is 6.92 Å². The van der Waals surface area contributed by atoms with Gasteiger partial charge in [-0.1, -0.05) is 55.3 Å². The van der Waals surface area contributed by atoms with E-state index in [4.69, 9.17) is 4.42 Å². The summed E-state index contributed by atoms with van der Waals surface area (Å²) in [5.41, 5.74) is 3.81. The fourth-order valence-corrected chi connectivity index (χ4v) is 4.66. The third-order valence-corrected chi connectivity index (χ3v) is 6.42. The number of hydrogen-bond acceptors (Lipinski definition) is 6. The molecule has 0 bridgehead atoms. The van der Waals surface area contributed by atoms with E-state index in [2.05, 4.69) is 57.5 Å². The van der Waals surface area contributed by atoms with E-state index in [0.717, 1.165) is 52.0 Å². The first-order valence-corrected chi connectivity index (χ1v) is 12.3. The molecule has 0 aliphatic rings. The van der Waals surface area contributed by atoms with Crippen LogP contribution in [-0.4, -0.2) is 30.1 Å². The Hall–Kier alpha value is -4.04. The van der Waals surface area contributed by atoms with Crippen molar-refractivity contribution in [3.05, 3.63) is 112 Å². The van der Waals surface area contributed by atoms with Crippen LogP contribution < -0.4 is 5.56 Å². The lowest BCUT2D eigenvalue weighted by Gasteiger charge is -2.31. The fraction of sp³-hybridized carbons (Fsp3) is 0.286. The molecule has 0 spiro atoms. The van der Waals surface area contributed by atoms with Gasteiger partial charge in [0.1, 0.15) is 12.3 Å². The highest BCUT2D eigenvalue weighted by molar-refractivity contribution is 5.79. The minimum absolute atomic E-state index is 0.0742. The first-order chi connectivity index (χ1) is 17.6. The van der Waals surface area contributed by atoms with Gasteiger partial charge in [-0.2, -0.15) is 0 Å². The van der Waals surface area contributed by atoms with Gasteiger partial charge >= 0.3 is 0 Å². The number of benzene rings is 2. The first kappa shape index (κ1) is 23.7. The highest BCUT2D eigenvalue weighted by atomic mass is 16.3. The number of aryl methyl sites for hydroxylation is 1. The summed E-state index contributed by atoms with van der Waals surface area (Å²) in [4.78, 5) is 18.5. The number of tetrazole rings is 1. The van der Waals surface area contributed by atoms with Crippen LogP contribution in [0.4, 0.5) is 0 Å². The van der Waals surface area contributed by atoms with Gasteiger partial charge in [0.05, 0.1) is 12.3 Å². The van der Waals surface area contributed by atoms with Gasteiger partial charge in [0, 0.05) is 24.2 Å². The SMILES string of the molecule is CCC[C@H](c1nnnn1Cc1ccco1)N(Cc1ccccc1)Cc1cc2cc(C)ccc2[nH]c1=O. The molecule has 1 N–H and O–H groups in total. The normalized spacial score (nSPS) is 12.4. The molecular formula is C28H30N6O2. The average molecular weight is 483 g/mol. The molecule has 0 saturated heterocycles. The molecular weight excluding hydrogens is 452 g/mol. The zero-order valence-corrected chi connectivity index (χ0v) is 20.6. The third kappa shape index (κ3) is 5.28. The Morgan fingerprint density at radius 1 is 1.06 bits per heavy atom. The molecule has 3 aromatic heterocycles. The highest BCUT2D eigenvalue weighted by Crippen LogP contribution is 2.28. The minimum atomic E-state index is -0.0900. The molecule has 0 amide bonds. The number of H-pyrrole nitrogens is 1. The maximum Gasteiger partial charge on any atom is 0.252 e. The number of rotatable bonds is 10. The lowest BCUT2D eigenvalue weighted by Crippen LogP contribution is -2.32. The van der Waals surface area contributed by atoms with Crippen LogP contribution >= 0.6 is 0 Å². The summed E-state index contributed by atoms with van der Waals surface area (Å²) >= 11 is 0. The number of nitrogens with zero attached hydrogens (tertiary/aromatic N) is 5. The van der Waals surface area contributed by atoms with Gasteiger partial charge in [0.25, 0.3) is 5.56 Å². The largest absolute Gasteiger partial charge is 0.467 e. The second kappa shape index (κ2) is 10.7. The zero-order chi connectivity index (χ0) is 24.9. The molecule has 0 aliphatic carbocycles. The number of aromatic nitrogens is 5. The summed E-state index contributed by atoms with van der Waals surface area (Å²) < 4.78 is 7.34. The van der Waals surface area contributed by atoms with E-state index >= 15 is 0 Å². The molecule has 184 valence electrons. The topological polar surface area (TPSA) is 92.8 Å². The molecule has 0 fully saturated rings. The molecule has 3 heterocycles. The van der Waals surface area contributed by atoms with Crippen molar-refractivity contribution in [1.82, 2.24) is 30.1 Å². The van der Waals surface area contributed by atoms with Crippen molar-refractivity contribution in [2.45, 2.75) is 52.4 Å².